The number of carbonyl (C=O) groups is 2. The van der Waals surface area contributed by atoms with E-state index in [2.05, 4.69) is 15.9 Å². The fourth-order valence-electron chi connectivity index (χ4n) is 1.09. The second-order valence-corrected chi connectivity index (χ2v) is 3.46. The third-order valence-electron chi connectivity index (χ3n) is 1.78. The molecule has 74 valence electrons. The molecule has 0 saturated heterocycles. The molecule has 3 nitrogen and oxygen atoms in total. The largest absolute Gasteiger partial charge is 0.369 e. The normalized spacial score (nSPS) is 9.79. The summed E-state index contributed by atoms with van der Waals surface area (Å²) in [5.74, 6) is -0.347. The molecule has 1 amide bonds. The van der Waals surface area contributed by atoms with E-state index in [1.807, 2.05) is 0 Å². The number of ketones is 1. The van der Waals surface area contributed by atoms with Gasteiger partial charge in [0.15, 0.2) is 5.78 Å². The Morgan fingerprint density at radius 3 is 2.21 bits per heavy atom. The van der Waals surface area contributed by atoms with Crippen LogP contribution in [0, 0.1) is 0 Å². The summed E-state index contributed by atoms with van der Waals surface area (Å²) in [4.78, 5) is 21.8. The Hall–Kier alpha value is -1.16. The van der Waals surface area contributed by atoms with Crippen molar-refractivity contribution in [2.75, 3.05) is 5.33 Å². The molecular weight excluding hydrogens is 246 g/mol. The molecule has 0 aliphatic rings. The number of carbonyl (C=O) groups excluding carboxylic acids is 2. The summed E-state index contributed by atoms with van der Waals surface area (Å²) < 4.78 is 0. The van der Waals surface area contributed by atoms with Crippen LogP contribution in [0.15, 0.2) is 24.3 Å². The molecule has 1 rings (SSSR count). The van der Waals surface area contributed by atoms with Crippen LogP contribution in [0.3, 0.4) is 0 Å². The first-order valence-electron chi connectivity index (χ1n) is 4.10. The van der Waals surface area contributed by atoms with Gasteiger partial charge in [-0.15, -0.1) is 0 Å². The van der Waals surface area contributed by atoms with Crippen molar-refractivity contribution in [1.82, 2.24) is 0 Å². The van der Waals surface area contributed by atoms with E-state index in [-0.39, 0.29) is 18.1 Å². The van der Waals surface area contributed by atoms with Crippen molar-refractivity contribution in [2.45, 2.75) is 6.42 Å². The van der Waals surface area contributed by atoms with Gasteiger partial charge in [-0.2, -0.15) is 0 Å². The maximum Gasteiger partial charge on any atom is 0.221 e. The monoisotopic (exact) mass is 255 g/mol. The van der Waals surface area contributed by atoms with E-state index in [4.69, 9.17) is 5.73 Å². The minimum Gasteiger partial charge on any atom is -0.369 e. The Balaban J connectivity index is 2.78. The van der Waals surface area contributed by atoms with Crippen molar-refractivity contribution >= 4 is 27.6 Å². The SMILES string of the molecule is NC(=O)Cc1ccc(C(=O)CBr)cc1. The number of alkyl halides is 1. The van der Waals surface area contributed by atoms with Gasteiger partial charge in [0, 0.05) is 5.56 Å². The molecule has 0 spiro atoms. The molecule has 1 aromatic rings. The molecule has 4 heteroatoms. The van der Waals surface area contributed by atoms with Crippen LogP contribution in [-0.2, 0) is 11.2 Å². The van der Waals surface area contributed by atoms with E-state index < -0.39 is 0 Å². The summed E-state index contributed by atoms with van der Waals surface area (Å²) in [5.41, 5.74) is 6.49. The van der Waals surface area contributed by atoms with Gasteiger partial charge in [0.25, 0.3) is 0 Å². The average molecular weight is 256 g/mol. The van der Waals surface area contributed by atoms with E-state index in [1.54, 1.807) is 24.3 Å². The van der Waals surface area contributed by atoms with Crippen molar-refractivity contribution in [3.63, 3.8) is 0 Å². The highest BCUT2D eigenvalue weighted by Crippen LogP contribution is 2.06. The average Bonchev–Trinajstić information content (AvgIpc) is 2.17. The molecule has 0 bridgehead atoms. The number of nitrogens with two attached hydrogens (primary N) is 1. The van der Waals surface area contributed by atoms with Crippen LogP contribution in [0.5, 0.6) is 0 Å². The molecule has 0 saturated carbocycles. The topological polar surface area (TPSA) is 60.2 Å². The minimum atomic E-state index is -0.371. The Morgan fingerprint density at radius 2 is 1.79 bits per heavy atom. The first kappa shape index (κ1) is 10.9. The zero-order valence-electron chi connectivity index (χ0n) is 7.50. The molecule has 0 aromatic heterocycles. The van der Waals surface area contributed by atoms with Crippen LogP contribution in [0.4, 0.5) is 0 Å². The van der Waals surface area contributed by atoms with Crippen LogP contribution in [0.1, 0.15) is 15.9 Å². The lowest BCUT2D eigenvalue weighted by atomic mass is 10.1. The van der Waals surface area contributed by atoms with Crippen LogP contribution >= 0.6 is 15.9 Å². The number of halogens is 1. The molecule has 14 heavy (non-hydrogen) atoms. The van der Waals surface area contributed by atoms with Gasteiger partial charge >= 0.3 is 0 Å². The van der Waals surface area contributed by atoms with Gasteiger partial charge in [0.1, 0.15) is 0 Å². The van der Waals surface area contributed by atoms with Crippen molar-refractivity contribution in [1.29, 1.82) is 0 Å². The standard InChI is InChI=1S/C10H10BrNO2/c11-6-9(13)8-3-1-7(2-4-8)5-10(12)14/h1-4H,5-6H2,(H2,12,14). The maximum absolute atomic E-state index is 11.2. The first-order valence-corrected chi connectivity index (χ1v) is 5.22. The molecular formula is C10H10BrNO2. The summed E-state index contributed by atoms with van der Waals surface area (Å²) in [6, 6.07) is 6.87. The Labute approximate surface area is 90.4 Å². The molecule has 1 aromatic carbocycles. The lowest BCUT2D eigenvalue weighted by Gasteiger charge is -1.99. The second kappa shape index (κ2) is 4.91. The second-order valence-electron chi connectivity index (χ2n) is 2.90. The fraction of sp³-hybridized carbons (Fsp3) is 0.200. The number of Topliss-reactive ketones (excluding diaryl/α,β-unsaturated/α-hetero) is 1. The van der Waals surface area contributed by atoms with Crippen molar-refractivity contribution in [2.24, 2.45) is 5.73 Å². The molecule has 0 fully saturated rings. The molecule has 0 radical (unpaired) electrons. The quantitative estimate of drug-likeness (QED) is 0.651. The predicted molar refractivity (Wildman–Crippen MR) is 57.5 cm³/mol. The zero-order valence-corrected chi connectivity index (χ0v) is 9.08. The molecule has 0 atom stereocenters. The van der Waals surface area contributed by atoms with Crippen molar-refractivity contribution in [3.05, 3.63) is 35.4 Å². The van der Waals surface area contributed by atoms with Gasteiger partial charge in [-0.05, 0) is 5.56 Å². The van der Waals surface area contributed by atoms with Gasteiger partial charge in [0.2, 0.25) is 5.91 Å². The molecule has 0 heterocycles. The summed E-state index contributed by atoms with van der Waals surface area (Å²) in [6.07, 6.45) is 0.211. The maximum atomic E-state index is 11.2. The van der Waals surface area contributed by atoms with Crippen molar-refractivity contribution in [3.8, 4) is 0 Å². The Kier molecular flexibility index (Phi) is 3.83. The lowest BCUT2D eigenvalue weighted by molar-refractivity contribution is -0.117. The van der Waals surface area contributed by atoms with E-state index in [1.165, 1.54) is 0 Å². The van der Waals surface area contributed by atoms with Crippen LogP contribution < -0.4 is 5.73 Å². The van der Waals surface area contributed by atoms with Gasteiger partial charge in [-0.3, -0.25) is 9.59 Å². The number of primary amides is 1. The van der Waals surface area contributed by atoms with Crippen LogP contribution in [0.25, 0.3) is 0 Å². The van der Waals surface area contributed by atoms with E-state index in [9.17, 15) is 9.59 Å². The molecule has 0 unspecified atom stereocenters. The molecule has 0 aliphatic carbocycles. The van der Waals surface area contributed by atoms with Crippen LogP contribution in [-0.4, -0.2) is 17.0 Å². The number of hydrogen-bond acceptors (Lipinski definition) is 2. The Bertz CT molecular complexity index is 346. The lowest BCUT2D eigenvalue weighted by Crippen LogP contribution is -2.13. The van der Waals surface area contributed by atoms with Crippen molar-refractivity contribution < 1.29 is 9.59 Å². The highest BCUT2D eigenvalue weighted by Gasteiger charge is 2.03. The summed E-state index contributed by atoms with van der Waals surface area (Å²) in [5, 5.41) is 0.308. The summed E-state index contributed by atoms with van der Waals surface area (Å²) in [7, 11) is 0. The Morgan fingerprint density at radius 1 is 1.21 bits per heavy atom. The van der Waals surface area contributed by atoms with E-state index in [0.717, 1.165) is 5.56 Å². The molecule has 0 aliphatic heterocycles. The number of amides is 1. The minimum absolute atomic E-state index is 0.0237. The van der Waals surface area contributed by atoms with E-state index >= 15 is 0 Å². The number of hydrogen-bond donors (Lipinski definition) is 1. The third-order valence-corrected chi connectivity index (χ3v) is 2.28. The van der Waals surface area contributed by atoms with Gasteiger partial charge in [0.05, 0.1) is 11.8 Å². The van der Waals surface area contributed by atoms with Crippen LogP contribution in [0.2, 0.25) is 0 Å². The van der Waals surface area contributed by atoms with Gasteiger partial charge in [-0.1, -0.05) is 40.2 Å². The summed E-state index contributed by atoms with van der Waals surface area (Å²) in [6.45, 7) is 0. The van der Waals surface area contributed by atoms with E-state index in [0.29, 0.717) is 10.9 Å². The number of rotatable bonds is 4. The molecule has 2 N–H and O–H groups in total. The fourth-order valence-corrected chi connectivity index (χ4v) is 1.41. The summed E-state index contributed by atoms with van der Waals surface area (Å²) >= 11 is 3.09. The number of benzene rings is 1. The zero-order chi connectivity index (χ0) is 10.6. The highest BCUT2D eigenvalue weighted by molar-refractivity contribution is 9.09. The van der Waals surface area contributed by atoms with Gasteiger partial charge in [-0.25, -0.2) is 0 Å². The predicted octanol–water partition coefficient (Wildman–Crippen LogP) is 1.29. The smallest absolute Gasteiger partial charge is 0.221 e. The first-order chi connectivity index (χ1) is 6.63. The van der Waals surface area contributed by atoms with Gasteiger partial charge < -0.3 is 5.73 Å². The third kappa shape index (κ3) is 2.96. The highest BCUT2D eigenvalue weighted by atomic mass is 79.9.